The predicted octanol–water partition coefficient (Wildman–Crippen LogP) is -0.655. The summed E-state index contributed by atoms with van der Waals surface area (Å²) >= 11 is 0. The molecule has 210 valence electrons. The minimum Gasteiger partial charge on any atom is -0.510 e. The van der Waals surface area contributed by atoms with Gasteiger partial charge in [-0.25, -0.2) is 0 Å². The van der Waals surface area contributed by atoms with E-state index in [0.29, 0.717) is 11.3 Å². The first-order valence-electron chi connectivity index (χ1n) is 12.3. The Labute approximate surface area is 224 Å². The fourth-order valence-electron chi connectivity index (χ4n) is 6.15. The number of anilines is 2. The Kier molecular flexibility index (Phi) is 6.96. The van der Waals surface area contributed by atoms with Gasteiger partial charge in [0, 0.05) is 31.3 Å². The van der Waals surface area contributed by atoms with Gasteiger partial charge in [-0.2, -0.15) is 0 Å². The lowest BCUT2D eigenvalue weighted by Crippen LogP contribution is -2.63. The fraction of sp³-hybridized carbons (Fsp3) is 0.462. The number of aliphatic hydroxyl groups is 3. The second-order valence-electron chi connectivity index (χ2n) is 10.6. The number of aromatic hydroxyl groups is 1. The number of nitrogens with one attached hydrogen (secondary N) is 2. The van der Waals surface area contributed by atoms with Crippen LogP contribution in [-0.2, 0) is 20.8 Å². The van der Waals surface area contributed by atoms with Crippen molar-refractivity contribution in [2.45, 2.75) is 24.5 Å². The Morgan fingerprint density at radius 1 is 1.15 bits per heavy atom. The van der Waals surface area contributed by atoms with Crippen LogP contribution in [0.25, 0.3) is 0 Å². The van der Waals surface area contributed by atoms with Crippen LogP contribution in [0.1, 0.15) is 22.3 Å². The summed E-state index contributed by atoms with van der Waals surface area (Å²) in [5.41, 5.74) is 2.30. The number of phenolic OH excluding ortho intramolecular Hbond substituents is 1. The number of fused-ring (bicyclic) bond motifs is 3. The lowest BCUT2D eigenvalue weighted by Gasteiger charge is -2.50. The number of Topliss-reactive ketones (excluding diaryl/α,β-unsaturated/α-hetero) is 2. The lowest BCUT2D eigenvalue weighted by atomic mass is 9.58. The Morgan fingerprint density at radius 3 is 2.33 bits per heavy atom. The third kappa shape index (κ3) is 4.04. The predicted molar refractivity (Wildman–Crippen MR) is 141 cm³/mol. The van der Waals surface area contributed by atoms with Gasteiger partial charge in [0.05, 0.1) is 23.8 Å². The molecule has 0 saturated heterocycles. The van der Waals surface area contributed by atoms with Gasteiger partial charge >= 0.3 is 0 Å². The molecule has 3 aliphatic rings. The third-order valence-corrected chi connectivity index (χ3v) is 7.79. The van der Waals surface area contributed by atoms with Crippen LogP contribution < -0.4 is 21.3 Å². The molecular weight excluding hydrogens is 510 g/mol. The van der Waals surface area contributed by atoms with Crippen LogP contribution in [-0.4, -0.2) is 102 Å². The summed E-state index contributed by atoms with van der Waals surface area (Å²) in [6.07, 6.45) is 0.125. The van der Waals surface area contributed by atoms with E-state index < -0.39 is 69.7 Å². The monoisotopic (exact) mass is 543 g/mol. The first-order chi connectivity index (χ1) is 18.2. The smallest absolute Gasteiger partial charge is 0.255 e. The van der Waals surface area contributed by atoms with E-state index in [0.717, 1.165) is 0 Å². The highest BCUT2D eigenvalue weighted by Crippen LogP contribution is 2.53. The topological polar surface area (TPSA) is 206 Å². The number of nitrogens with two attached hydrogens (primary N) is 1. The van der Waals surface area contributed by atoms with Crippen molar-refractivity contribution in [2.24, 2.45) is 17.6 Å². The maximum atomic E-state index is 13.9. The molecule has 4 atom stereocenters. The molecule has 13 nitrogen and oxygen atoms in total. The zero-order valence-electron chi connectivity index (χ0n) is 22.3. The van der Waals surface area contributed by atoms with E-state index in [1.54, 1.807) is 46.2 Å². The molecule has 1 aromatic carbocycles. The third-order valence-electron chi connectivity index (χ3n) is 7.79. The van der Waals surface area contributed by atoms with Crippen LogP contribution in [0.2, 0.25) is 0 Å². The summed E-state index contributed by atoms with van der Waals surface area (Å²) in [5, 5.41) is 50.3. The van der Waals surface area contributed by atoms with Gasteiger partial charge in [0.2, 0.25) is 11.7 Å². The van der Waals surface area contributed by atoms with E-state index in [1.165, 1.54) is 4.90 Å². The molecule has 1 aromatic rings. The highest BCUT2D eigenvalue weighted by atomic mass is 16.3. The second kappa shape index (κ2) is 9.67. The molecule has 0 aromatic heterocycles. The van der Waals surface area contributed by atoms with Gasteiger partial charge in [0.1, 0.15) is 17.1 Å². The highest BCUT2D eigenvalue weighted by Gasteiger charge is 2.63. The number of amides is 2. The Morgan fingerprint density at radius 2 is 1.79 bits per heavy atom. The fourth-order valence-corrected chi connectivity index (χ4v) is 6.15. The van der Waals surface area contributed by atoms with Crippen molar-refractivity contribution < 1.29 is 39.6 Å². The number of benzene rings is 1. The van der Waals surface area contributed by atoms with E-state index in [4.69, 9.17) is 5.73 Å². The summed E-state index contributed by atoms with van der Waals surface area (Å²) in [6, 6.07) is 0.477. The molecule has 0 saturated carbocycles. The lowest BCUT2D eigenvalue weighted by molar-refractivity contribution is -0.148. The van der Waals surface area contributed by atoms with Crippen molar-refractivity contribution in [3.63, 3.8) is 0 Å². The molecule has 0 aliphatic heterocycles. The zero-order chi connectivity index (χ0) is 29.1. The zero-order valence-corrected chi connectivity index (χ0v) is 22.3. The van der Waals surface area contributed by atoms with E-state index in [1.807, 2.05) is 0 Å². The van der Waals surface area contributed by atoms with Gasteiger partial charge in [-0.05, 0) is 51.5 Å². The van der Waals surface area contributed by atoms with Crippen LogP contribution in [0.4, 0.5) is 11.4 Å². The Hall–Kier alpha value is -3.94. The molecule has 0 bridgehead atoms. The quantitative estimate of drug-likeness (QED) is 0.177. The number of likely N-dealkylation sites (N-methyl/N-ethyl adjacent to an activating group) is 2. The first kappa shape index (κ1) is 28.1. The maximum Gasteiger partial charge on any atom is 0.255 e. The average Bonchev–Trinajstić information content (AvgIpc) is 2.82. The SMILES string of the molecule is CNCC(=O)Nc1cc(N(C)C)c2c(c1O)C(=O)C1=C(O)C3(O)C(=O)C(C(N)=O)=C(O)[C@@H](N(C)C)C3CC1C2. The number of phenols is 1. The van der Waals surface area contributed by atoms with Crippen LogP contribution in [0.5, 0.6) is 5.75 Å². The maximum absolute atomic E-state index is 13.9. The molecule has 3 unspecified atom stereocenters. The normalized spacial score (nSPS) is 26.3. The van der Waals surface area contributed by atoms with Crippen molar-refractivity contribution in [1.82, 2.24) is 10.2 Å². The number of primary amides is 1. The first-order valence-corrected chi connectivity index (χ1v) is 12.3. The molecule has 0 spiro atoms. The molecule has 0 heterocycles. The van der Waals surface area contributed by atoms with E-state index in [-0.39, 0.29) is 36.2 Å². The molecule has 2 amide bonds. The Balaban J connectivity index is 1.95. The van der Waals surface area contributed by atoms with Gasteiger partial charge < -0.3 is 41.7 Å². The number of aliphatic hydroxyl groups excluding tert-OH is 2. The molecule has 3 aliphatic carbocycles. The number of allylic oxidation sites excluding steroid dienone is 1. The van der Waals surface area contributed by atoms with Gasteiger partial charge in [-0.3, -0.25) is 24.1 Å². The van der Waals surface area contributed by atoms with Gasteiger partial charge in [-0.15, -0.1) is 0 Å². The minimum absolute atomic E-state index is 0.0138. The van der Waals surface area contributed by atoms with Crippen molar-refractivity contribution in [3.8, 4) is 5.75 Å². The number of rotatable bonds is 6. The second-order valence-corrected chi connectivity index (χ2v) is 10.6. The van der Waals surface area contributed by atoms with Gasteiger partial charge in [-0.1, -0.05) is 0 Å². The summed E-state index contributed by atoms with van der Waals surface area (Å²) < 4.78 is 0. The van der Waals surface area contributed by atoms with E-state index >= 15 is 0 Å². The molecule has 39 heavy (non-hydrogen) atoms. The van der Waals surface area contributed by atoms with Crippen molar-refractivity contribution in [2.75, 3.05) is 52.0 Å². The molecule has 0 fully saturated rings. The van der Waals surface area contributed by atoms with Crippen molar-refractivity contribution in [1.29, 1.82) is 0 Å². The van der Waals surface area contributed by atoms with Crippen molar-refractivity contribution >= 4 is 34.8 Å². The van der Waals surface area contributed by atoms with E-state index in [2.05, 4.69) is 10.6 Å². The number of carbonyl (C=O) groups excluding carboxylic acids is 4. The summed E-state index contributed by atoms with van der Waals surface area (Å²) in [6.45, 7) is -0.0537. The number of hydrogen-bond donors (Lipinski definition) is 7. The van der Waals surface area contributed by atoms with Crippen LogP contribution in [0.15, 0.2) is 28.7 Å². The molecular formula is C26H33N5O8. The number of hydrogen-bond acceptors (Lipinski definition) is 11. The van der Waals surface area contributed by atoms with Crippen LogP contribution in [0.3, 0.4) is 0 Å². The highest BCUT2D eigenvalue weighted by molar-refractivity contribution is 6.25. The number of carbonyl (C=O) groups is 4. The van der Waals surface area contributed by atoms with Crippen molar-refractivity contribution in [3.05, 3.63) is 39.9 Å². The largest absolute Gasteiger partial charge is 0.510 e. The molecule has 0 radical (unpaired) electrons. The standard InChI is InChI=1S/C26H33N5O8/c1-28-9-15(32)29-13-8-14(30(2)3)11-6-10-7-12-19(31(4)5)22(35)18(25(27)38)24(37)26(12,39)23(36)16(10)21(34)17(11)20(13)33/h8,10,12,19,28,33,35-36,39H,6-7,9H2,1-5H3,(H2,27,38)(H,29,32)/t10?,12?,19-,26?/m0/s1. The summed E-state index contributed by atoms with van der Waals surface area (Å²) in [5.74, 6) is -7.78. The molecule has 4 rings (SSSR count). The average molecular weight is 544 g/mol. The molecule has 8 N–H and O–H groups in total. The number of nitrogens with zero attached hydrogens (tertiary/aromatic N) is 2. The van der Waals surface area contributed by atoms with Crippen LogP contribution in [0, 0.1) is 11.8 Å². The number of ketones is 2. The Bertz CT molecular complexity index is 1360. The van der Waals surface area contributed by atoms with Gasteiger partial charge in [0.15, 0.2) is 17.1 Å². The summed E-state index contributed by atoms with van der Waals surface area (Å²) in [4.78, 5) is 54.9. The summed E-state index contributed by atoms with van der Waals surface area (Å²) in [7, 11) is 8.17. The minimum atomic E-state index is -2.72. The van der Waals surface area contributed by atoms with Gasteiger partial charge in [0.25, 0.3) is 5.91 Å². The molecule has 13 heteroatoms. The van der Waals surface area contributed by atoms with E-state index in [9.17, 15) is 39.6 Å². The van der Waals surface area contributed by atoms with Crippen LogP contribution >= 0.6 is 0 Å².